The fraction of sp³-hybridized carbons (Fsp3) is 0.727. The van der Waals surface area contributed by atoms with Crippen LogP contribution in [-0.4, -0.2) is 22.9 Å². The summed E-state index contributed by atoms with van der Waals surface area (Å²) in [5.74, 6) is 0. The molecule has 0 radical (unpaired) electrons. The predicted molar refractivity (Wildman–Crippen MR) is 60.7 cm³/mol. The number of aromatic nitrogens is 2. The molecule has 0 spiro atoms. The van der Waals surface area contributed by atoms with Crippen molar-refractivity contribution in [1.82, 2.24) is 9.78 Å². The normalized spacial score (nSPS) is 13.1. The lowest BCUT2D eigenvalue weighted by Crippen LogP contribution is -2.22. The van der Waals surface area contributed by atoms with E-state index in [1.54, 1.807) is 7.11 Å². The van der Waals surface area contributed by atoms with E-state index in [0.29, 0.717) is 6.73 Å². The van der Waals surface area contributed by atoms with Crippen molar-refractivity contribution >= 4 is 0 Å². The zero-order valence-corrected chi connectivity index (χ0v) is 10.1. The van der Waals surface area contributed by atoms with Gasteiger partial charge in [0.25, 0.3) is 0 Å². The fourth-order valence-electron chi connectivity index (χ4n) is 1.68. The Bertz CT molecular complexity index is 320. The number of hydrogen-bond donors (Lipinski definition) is 1. The van der Waals surface area contributed by atoms with Gasteiger partial charge in [0, 0.05) is 18.8 Å². The number of hydrogen-bond acceptors (Lipinski definition) is 3. The van der Waals surface area contributed by atoms with Gasteiger partial charge in [0.1, 0.15) is 6.73 Å². The average molecular weight is 211 g/mol. The van der Waals surface area contributed by atoms with Crippen molar-refractivity contribution in [2.45, 2.75) is 46.4 Å². The summed E-state index contributed by atoms with van der Waals surface area (Å²) in [5.41, 5.74) is 9.45. The van der Waals surface area contributed by atoms with Gasteiger partial charge in [0.05, 0.1) is 5.69 Å². The summed E-state index contributed by atoms with van der Waals surface area (Å²) in [7, 11) is 1.67. The molecule has 4 heteroatoms. The lowest BCUT2D eigenvalue weighted by atomic mass is 10.0. The Morgan fingerprint density at radius 3 is 2.67 bits per heavy atom. The maximum atomic E-state index is 5.96. The van der Waals surface area contributed by atoms with E-state index in [4.69, 9.17) is 10.5 Å². The first-order valence-electron chi connectivity index (χ1n) is 5.37. The Morgan fingerprint density at radius 1 is 1.47 bits per heavy atom. The Hall–Kier alpha value is -0.870. The van der Waals surface area contributed by atoms with Crippen molar-refractivity contribution in [2.24, 2.45) is 5.73 Å². The molecule has 0 aromatic carbocycles. The Morgan fingerprint density at radius 2 is 2.13 bits per heavy atom. The zero-order valence-electron chi connectivity index (χ0n) is 10.1. The molecule has 86 valence electrons. The van der Waals surface area contributed by atoms with Gasteiger partial charge in [-0.25, -0.2) is 4.68 Å². The molecule has 0 saturated carbocycles. The first kappa shape index (κ1) is 12.2. The minimum atomic E-state index is 0.225. The van der Waals surface area contributed by atoms with Crippen LogP contribution in [-0.2, 0) is 17.9 Å². The fourth-order valence-corrected chi connectivity index (χ4v) is 1.68. The summed E-state index contributed by atoms with van der Waals surface area (Å²) in [6, 6.07) is 0.225. The van der Waals surface area contributed by atoms with Crippen LogP contribution in [0.4, 0.5) is 0 Å². The maximum Gasteiger partial charge on any atom is 0.139 e. The standard InChI is InChI=1S/C11H21N3O/c1-5-10(12)6-11-8(2)13-14(7-15-4)9(11)3/h10H,5-7,12H2,1-4H3. The summed E-state index contributed by atoms with van der Waals surface area (Å²) in [5, 5.41) is 4.42. The van der Waals surface area contributed by atoms with Gasteiger partial charge in [-0.3, -0.25) is 0 Å². The van der Waals surface area contributed by atoms with E-state index >= 15 is 0 Å². The molecule has 2 N–H and O–H groups in total. The van der Waals surface area contributed by atoms with Crippen molar-refractivity contribution < 1.29 is 4.74 Å². The zero-order chi connectivity index (χ0) is 11.4. The summed E-state index contributed by atoms with van der Waals surface area (Å²) >= 11 is 0. The van der Waals surface area contributed by atoms with Crippen LogP contribution < -0.4 is 5.73 Å². The molecule has 0 aliphatic carbocycles. The summed E-state index contributed by atoms with van der Waals surface area (Å²) in [6.07, 6.45) is 1.90. The predicted octanol–water partition coefficient (Wildman–Crippen LogP) is 1.38. The van der Waals surface area contributed by atoms with Gasteiger partial charge in [-0.1, -0.05) is 6.92 Å². The van der Waals surface area contributed by atoms with E-state index in [9.17, 15) is 0 Å². The topological polar surface area (TPSA) is 53.1 Å². The van der Waals surface area contributed by atoms with Crippen molar-refractivity contribution in [1.29, 1.82) is 0 Å². The van der Waals surface area contributed by atoms with Crippen LogP contribution in [0, 0.1) is 13.8 Å². The second kappa shape index (κ2) is 5.28. The molecule has 1 rings (SSSR count). The monoisotopic (exact) mass is 211 g/mol. The van der Waals surface area contributed by atoms with Gasteiger partial charge >= 0.3 is 0 Å². The third-order valence-corrected chi connectivity index (χ3v) is 2.77. The quantitative estimate of drug-likeness (QED) is 0.800. The van der Waals surface area contributed by atoms with E-state index in [2.05, 4.69) is 18.9 Å². The van der Waals surface area contributed by atoms with Crippen LogP contribution >= 0.6 is 0 Å². The summed E-state index contributed by atoms with van der Waals surface area (Å²) in [4.78, 5) is 0. The molecular weight excluding hydrogens is 190 g/mol. The molecule has 4 nitrogen and oxygen atoms in total. The van der Waals surface area contributed by atoms with Crippen LogP contribution in [0.2, 0.25) is 0 Å². The minimum absolute atomic E-state index is 0.225. The number of ether oxygens (including phenoxy) is 1. The van der Waals surface area contributed by atoms with E-state index in [0.717, 1.165) is 18.5 Å². The molecule has 0 aliphatic rings. The first-order valence-corrected chi connectivity index (χ1v) is 5.37. The summed E-state index contributed by atoms with van der Waals surface area (Å²) < 4.78 is 6.96. The molecule has 1 unspecified atom stereocenters. The molecule has 0 saturated heterocycles. The molecule has 0 fully saturated rings. The van der Waals surface area contributed by atoms with Crippen molar-refractivity contribution in [2.75, 3.05) is 7.11 Å². The van der Waals surface area contributed by atoms with E-state index < -0.39 is 0 Å². The van der Waals surface area contributed by atoms with Crippen LogP contribution in [0.15, 0.2) is 0 Å². The second-order valence-corrected chi connectivity index (χ2v) is 3.94. The van der Waals surface area contributed by atoms with Crippen LogP contribution in [0.1, 0.15) is 30.3 Å². The van der Waals surface area contributed by atoms with Gasteiger partial charge in [-0.05, 0) is 32.3 Å². The lowest BCUT2D eigenvalue weighted by Gasteiger charge is -2.09. The molecular formula is C11H21N3O. The Balaban J connectivity index is 2.87. The highest BCUT2D eigenvalue weighted by Crippen LogP contribution is 2.15. The van der Waals surface area contributed by atoms with E-state index in [-0.39, 0.29) is 6.04 Å². The lowest BCUT2D eigenvalue weighted by molar-refractivity contribution is 0.118. The molecule has 0 aliphatic heterocycles. The third kappa shape index (κ3) is 2.79. The smallest absolute Gasteiger partial charge is 0.139 e. The van der Waals surface area contributed by atoms with Gasteiger partial charge in [0.15, 0.2) is 0 Å². The minimum Gasteiger partial charge on any atom is -0.362 e. The molecule has 15 heavy (non-hydrogen) atoms. The van der Waals surface area contributed by atoms with Crippen LogP contribution in [0.5, 0.6) is 0 Å². The molecule has 1 aromatic heterocycles. The third-order valence-electron chi connectivity index (χ3n) is 2.77. The van der Waals surface area contributed by atoms with Gasteiger partial charge < -0.3 is 10.5 Å². The Kier molecular flexibility index (Phi) is 4.29. The SMILES string of the molecule is CCC(N)Cc1c(C)nn(COC)c1C. The maximum absolute atomic E-state index is 5.96. The summed E-state index contributed by atoms with van der Waals surface area (Å²) in [6.45, 7) is 6.70. The molecule has 1 atom stereocenters. The molecule has 0 amide bonds. The molecule has 0 bridgehead atoms. The van der Waals surface area contributed by atoms with E-state index in [1.165, 1.54) is 11.3 Å². The highest BCUT2D eigenvalue weighted by molar-refractivity contribution is 5.25. The van der Waals surface area contributed by atoms with Gasteiger partial charge in [-0.15, -0.1) is 0 Å². The number of nitrogens with zero attached hydrogens (tertiary/aromatic N) is 2. The number of aryl methyl sites for hydroxylation is 1. The first-order chi connectivity index (χ1) is 7.10. The largest absolute Gasteiger partial charge is 0.362 e. The van der Waals surface area contributed by atoms with Gasteiger partial charge in [0.2, 0.25) is 0 Å². The average Bonchev–Trinajstić information content (AvgIpc) is 2.46. The number of nitrogens with two attached hydrogens (primary N) is 1. The highest BCUT2D eigenvalue weighted by atomic mass is 16.5. The molecule has 1 heterocycles. The Labute approximate surface area is 91.4 Å². The van der Waals surface area contributed by atoms with Crippen molar-refractivity contribution in [3.05, 3.63) is 17.0 Å². The number of rotatable bonds is 5. The highest BCUT2D eigenvalue weighted by Gasteiger charge is 2.13. The molecule has 1 aromatic rings. The van der Waals surface area contributed by atoms with Gasteiger partial charge in [-0.2, -0.15) is 5.10 Å². The van der Waals surface area contributed by atoms with Crippen molar-refractivity contribution in [3.63, 3.8) is 0 Å². The van der Waals surface area contributed by atoms with E-state index in [1.807, 2.05) is 11.6 Å². The number of methoxy groups -OCH3 is 1. The second-order valence-electron chi connectivity index (χ2n) is 3.94. The van der Waals surface area contributed by atoms with Crippen LogP contribution in [0.3, 0.4) is 0 Å². The van der Waals surface area contributed by atoms with Crippen LogP contribution in [0.25, 0.3) is 0 Å². The van der Waals surface area contributed by atoms with Crippen molar-refractivity contribution in [3.8, 4) is 0 Å².